The van der Waals surface area contributed by atoms with Gasteiger partial charge in [0, 0.05) is 16.4 Å². The molecule has 6 aliphatic rings. The Hall–Kier alpha value is -2.37. The van der Waals surface area contributed by atoms with Crippen LogP contribution in [-0.2, 0) is 24.0 Å². The molecule has 52 heavy (non-hydrogen) atoms. The Kier molecular flexibility index (Phi) is 18.4. The van der Waals surface area contributed by atoms with Gasteiger partial charge in [-0.3, -0.25) is 9.59 Å². The summed E-state index contributed by atoms with van der Waals surface area (Å²) in [6.45, 7) is 15.8. The van der Waals surface area contributed by atoms with Gasteiger partial charge in [-0.1, -0.05) is 50.5 Å². The van der Waals surface area contributed by atoms with E-state index >= 15 is 0 Å². The van der Waals surface area contributed by atoms with Crippen LogP contribution in [0, 0.1) is 35.5 Å². The van der Waals surface area contributed by atoms with Gasteiger partial charge in [0.1, 0.15) is 0 Å². The van der Waals surface area contributed by atoms with Crippen molar-refractivity contribution in [3.63, 3.8) is 0 Å². The molecule has 0 heterocycles. The van der Waals surface area contributed by atoms with Crippen LogP contribution in [0.15, 0.2) is 48.5 Å². The van der Waals surface area contributed by atoms with E-state index in [1.165, 1.54) is 62.5 Å². The number of carbonyl (C=O) groups is 2. The van der Waals surface area contributed by atoms with Crippen LogP contribution in [-0.4, -0.2) is 41.7 Å². The van der Waals surface area contributed by atoms with Gasteiger partial charge in [-0.25, -0.2) is 0 Å². The molecule has 0 aromatic heterocycles. The van der Waals surface area contributed by atoms with E-state index in [0.717, 1.165) is 44.1 Å². The summed E-state index contributed by atoms with van der Waals surface area (Å²) in [5.74, 6) is 0.395. The molecule has 4 bridgehead atoms. The Morgan fingerprint density at radius 2 is 1.02 bits per heavy atom. The zero-order valence-corrected chi connectivity index (χ0v) is 36.6. The molecule has 2 aromatic rings. The molecular formula is C44H63ClO6Sn. The van der Waals surface area contributed by atoms with Gasteiger partial charge in [-0.2, -0.15) is 19.2 Å². The fourth-order valence-corrected chi connectivity index (χ4v) is 26.1. The summed E-state index contributed by atoms with van der Waals surface area (Å²) in [5, 5.41) is -0.0946. The summed E-state index contributed by atoms with van der Waals surface area (Å²) in [6, 6.07) is 17.6. The van der Waals surface area contributed by atoms with E-state index in [4.69, 9.17) is 30.8 Å². The minimum atomic E-state index is -2.14. The molecule has 8 heteroatoms. The van der Waals surface area contributed by atoms with Gasteiger partial charge >= 0.3 is 144 Å². The summed E-state index contributed by atoms with van der Waals surface area (Å²) in [5.41, 5.74) is 4.67. The summed E-state index contributed by atoms with van der Waals surface area (Å²) in [7, 11) is 0. The summed E-state index contributed by atoms with van der Waals surface area (Å²) >= 11 is 3.30. The quantitative estimate of drug-likeness (QED) is 0.101. The molecule has 0 spiro atoms. The zero-order valence-electron chi connectivity index (χ0n) is 33.0. The first-order valence-corrected chi connectivity index (χ1v) is 27.5. The SMILES string of the molecule is CCC12CC(C(=O)Cl)(C1)C2.CCC12CC(C(=O)c3cccc(C)c3)(C1)C2.CCC[CH2][Sn]([CH2]CCC)([CH2]CCC)[c]1cccc(C)c1.O=C=O.O=C=O. The van der Waals surface area contributed by atoms with Gasteiger partial charge in [-0.05, 0) is 73.9 Å². The molecule has 0 radical (unpaired) electrons. The molecule has 6 fully saturated rings. The molecule has 2 aromatic carbocycles. The van der Waals surface area contributed by atoms with Crippen molar-refractivity contribution in [1.29, 1.82) is 0 Å². The Morgan fingerprint density at radius 3 is 1.37 bits per heavy atom. The van der Waals surface area contributed by atoms with Gasteiger partial charge in [0.05, 0.1) is 0 Å². The molecule has 0 atom stereocenters. The molecule has 0 unspecified atom stereocenters. The van der Waals surface area contributed by atoms with Gasteiger partial charge in [0.25, 0.3) is 0 Å². The van der Waals surface area contributed by atoms with Crippen LogP contribution in [0.1, 0.15) is 146 Å². The third-order valence-corrected chi connectivity index (χ3v) is 28.6. The molecule has 8 rings (SSSR count). The number of benzene rings is 2. The average Bonchev–Trinajstić information content (AvgIpc) is 3.04. The maximum Gasteiger partial charge on any atom is 0.373 e. The van der Waals surface area contributed by atoms with Crippen LogP contribution < -0.4 is 3.58 Å². The molecule has 6 saturated carbocycles. The summed E-state index contributed by atoms with van der Waals surface area (Å²) in [4.78, 5) is 55.7. The van der Waals surface area contributed by atoms with Gasteiger partial charge in [0.2, 0.25) is 5.24 Å². The smallest absolute Gasteiger partial charge is 0.186 e. The van der Waals surface area contributed by atoms with E-state index < -0.39 is 18.4 Å². The standard InChI is InChI=1S/C15H18O.C8H11ClO.C7H7.3C4H9.2CO2.Sn/c1-3-14-8-15(9-14,10-14)13(16)12-6-4-5-11(2)7-12;1-2-7-3-8(4-7,5-7)6(9)10;1-7-5-3-2-4-6-7;3*1-3-4-2;2*2-1-3;/h4-7H,3,8-10H2,1-2H3;2-5H2,1H3;2-3,5-6H,1H3;3*1,3-4H2,2H3;;;. The molecular weight excluding hydrogens is 779 g/mol. The van der Waals surface area contributed by atoms with Crippen molar-refractivity contribution in [3.8, 4) is 0 Å². The molecule has 0 N–H and O–H groups in total. The van der Waals surface area contributed by atoms with E-state index in [-0.39, 0.29) is 28.4 Å². The normalized spacial score (nSPS) is 25.2. The number of carbonyl (C=O) groups excluding carboxylic acids is 6. The van der Waals surface area contributed by atoms with Crippen molar-refractivity contribution in [3.05, 3.63) is 65.2 Å². The van der Waals surface area contributed by atoms with E-state index in [9.17, 15) is 9.59 Å². The number of rotatable bonds is 15. The van der Waals surface area contributed by atoms with E-state index in [0.29, 0.717) is 16.6 Å². The minimum absolute atomic E-state index is 0.0441. The van der Waals surface area contributed by atoms with Crippen LogP contribution in [0.3, 0.4) is 0 Å². The molecule has 286 valence electrons. The van der Waals surface area contributed by atoms with E-state index in [1.54, 1.807) is 13.3 Å². The second-order valence-corrected chi connectivity index (χ2v) is 30.0. The number of halogens is 1. The first kappa shape index (κ1) is 45.8. The molecule has 0 aliphatic heterocycles. The molecule has 0 amide bonds. The van der Waals surface area contributed by atoms with Gasteiger partial charge in [0.15, 0.2) is 5.78 Å². The number of aryl methyl sites for hydroxylation is 2. The Balaban J connectivity index is 0.000000259. The molecule has 6 nitrogen and oxygen atoms in total. The fraction of sp³-hybridized carbons (Fsp3) is 0.636. The Labute approximate surface area is 322 Å². The topological polar surface area (TPSA) is 102 Å². The first-order chi connectivity index (χ1) is 24.7. The predicted octanol–water partition coefficient (Wildman–Crippen LogP) is 11.0. The average molecular weight is 842 g/mol. The van der Waals surface area contributed by atoms with Crippen molar-refractivity contribution in [2.24, 2.45) is 21.7 Å². The Bertz CT molecular complexity index is 1460. The zero-order chi connectivity index (χ0) is 39.1. The summed E-state index contributed by atoms with van der Waals surface area (Å²) in [6.07, 6.45) is 18.1. The first-order valence-electron chi connectivity index (χ1n) is 19.6. The van der Waals surface area contributed by atoms with Gasteiger partial charge in [-0.15, -0.1) is 0 Å². The van der Waals surface area contributed by atoms with Crippen molar-refractivity contribution in [1.82, 2.24) is 0 Å². The number of Topliss-reactive ketones (excluding diaryl/α,β-unsaturated/α-hetero) is 1. The van der Waals surface area contributed by atoms with Gasteiger partial charge < -0.3 is 0 Å². The number of ketones is 1. The van der Waals surface area contributed by atoms with Crippen LogP contribution in [0.4, 0.5) is 0 Å². The largest absolute Gasteiger partial charge is 0.373 e. The van der Waals surface area contributed by atoms with E-state index in [2.05, 4.69) is 65.8 Å². The number of hydrogen-bond acceptors (Lipinski definition) is 6. The minimum Gasteiger partial charge on any atom is -0.186 e. The Morgan fingerprint density at radius 1 is 0.635 bits per heavy atom. The molecule has 6 aliphatic carbocycles. The molecule has 0 saturated heterocycles. The summed E-state index contributed by atoms with van der Waals surface area (Å²) < 4.78 is 6.55. The maximum absolute atomic E-state index is 12.4. The second kappa shape index (κ2) is 20.9. The third kappa shape index (κ3) is 11.1. The van der Waals surface area contributed by atoms with E-state index in [1.807, 2.05) is 34.8 Å². The van der Waals surface area contributed by atoms with Crippen molar-refractivity contribution < 1.29 is 28.8 Å². The van der Waals surface area contributed by atoms with Crippen molar-refractivity contribution >= 4 is 56.9 Å². The van der Waals surface area contributed by atoms with Crippen LogP contribution in [0.5, 0.6) is 0 Å². The number of hydrogen-bond donors (Lipinski definition) is 0. The maximum atomic E-state index is 12.4. The second-order valence-electron chi connectivity index (χ2n) is 16.4. The fourth-order valence-electron chi connectivity index (χ4n) is 9.62. The van der Waals surface area contributed by atoms with Crippen molar-refractivity contribution in [2.45, 2.75) is 152 Å². The third-order valence-electron chi connectivity index (χ3n) is 12.6. The van der Waals surface area contributed by atoms with Crippen LogP contribution in [0.25, 0.3) is 0 Å². The predicted molar refractivity (Wildman–Crippen MR) is 210 cm³/mol. The van der Waals surface area contributed by atoms with Crippen LogP contribution >= 0.6 is 11.6 Å². The monoisotopic (exact) mass is 842 g/mol. The van der Waals surface area contributed by atoms with Crippen LogP contribution in [0.2, 0.25) is 13.3 Å². The number of unbranched alkanes of at least 4 members (excludes halogenated alkanes) is 3. The van der Waals surface area contributed by atoms with Crippen molar-refractivity contribution in [2.75, 3.05) is 0 Å².